The van der Waals surface area contributed by atoms with E-state index in [-0.39, 0.29) is 17.7 Å². The summed E-state index contributed by atoms with van der Waals surface area (Å²) in [7, 11) is 0. The van der Waals surface area contributed by atoms with Crippen LogP contribution in [0.5, 0.6) is 5.75 Å². The minimum absolute atomic E-state index is 0.0420. The van der Waals surface area contributed by atoms with Crippen LogP contribution in [-0.4, -0.2) is 36.4 Å². The molecule has 5 nitrogen and oxygen atoms in total. The van der Waals surface area contributed by atoms with Crippen molar-refractivity contribution < 1.29 is 14.3 Å². The van der Waals surface area contributed by atoms with Crippen molar-refractivity contribution in [2.45, 2.75) is 25.7 Å². The highest BCUT2D eigenvalue weighted by molar-refractivity contribution is 5.94. The Morgan fingerprint density at radius 1 is 1.18 bits per heavy atom. The van der Waals surface area contributed by atoms with E-state index >= 15 is 0 Å². The van der Waals surface area contributed by atoms with Crippen LogP contribution in [0.15, 0.2) is 24.3 Å². The molecule has 0 spiro atoms. The number of piperidine rings is 1. The number of likely N-dealkylation sites (tertiary alicyclic amines) is 1. The Labute approximate surface area is 130 Å². The molecule has 0 aromatic heterocycles. The van der Waals surface area contributed by atoms with Gasteiger partial charge >= 0.3 is 0 Å². The van der Waals surface area contributed by atoms with Crippen LogP contribution >= 0.6 is 0 Å². The fraction of sp³-hybridized carbons (Fsp3) is 0.529. The summed E-state index contributed by atoms with van der Waals surface area (Å²) in [6.45, 7) is 1.87. The van der Waals surface area contributed by atoms with Crippen LogP contribution in [0.25, 0.3) is 0 Å². The van der Waals surface area contributed by atoms with Crippen LogP contribution in [0.3, 0.4) is 0 Å². The van der Waals surface area contributed by atoms with Gasteiger partial charge in [-0.1, -0.05) is 0 Å². The van der Waals surface area contributed by atoms with Gasteiger partial charge in [-0.15, -0.1) is 0 Å². The van der Waals surface area contributed by atoms with Crippen molar-refractivity contribution in [3.8, 4) is 5.75 Å². The number of rotatable bonds is 5. The molecule has 1 aliphatic carbocycles. The van der Waals surface area contributed by atoms with Crippen LogP contribution < -0.4 is 10.5 Å². The maximum Gasteiger partial charge on any atom is 0.253 e. The topological polar surface area (TPSA) is 72.6 Å². The number of primary amides is 1. The Kier molecular flexibility index (Phi) is 4.32. The number of nitrogens with two attached hydrogens (primary N) is 1. The summed E-state index contributed by atoms with van der Waals surface area (Å²) in [5, 5.41) is 0. The number of hydrogen-bond donors (Lipinski definition) is 1. The highest BCUT2D eigenvalue weighted by Crippen LogP contribution is 2.29. The van der Waals surface area contributed by atoms with E-state index < -0.39 is 0 Å². The average Bonchev–Trinajstić information content (AvgIpc) is 3.37. The van der Waals surface area contributed by atoms with Crippen LogP contribution in [0, 0.1) is 11.8 Å². The summed E-state index contributed by atoms with van der Waals surface area (Å²) in [5.74, 6) is 0.928. The summed E-state index contributed by atoms with van der Waals surface area (Å²) >= 11 is 0. The fourth-order valence-corrected chi connectivity index (χ4v) is 2.77. The number of benzene rings is 1. The quantitative estimate of drug-likeness (QED) is 0.901. The van der Waals surface area contributed by atoms with Crippen molar-refractivity contribution in [2.24, 2.45) is 17.6 Å². The lowest BCUT2D eigenvalue weighted by molar-refractivity contribution is -0.123. The predicted molar refractivity (Wildman–Crippen MR) is 82.5 cm³/mol. The fourth-order valence-electron chi connectivity index (χ4n) is 2.77. The van der Waals surface area contributed by atoms with Gasteiger partial charge in [0, 0.05) is 18.7 Å². The molecule has 0 radical (unpaired) electrons. The molecule has 1 aromatic carbocycles. The molecule has 1 aromatic rings. The molecule has 22 heavy (non-hydrogen) atoms. The standard InChI is InChI=1S/C17H22N2O3/c18-16(20)14-2-1-9-19(10-14)17(21)13-5-7-15(8-6-13)22-11-12-3-4-12/h5-8,12,14H,1-4,9-11H2,(H2,18,20). The SMILES string of the molecule is NC(=O)C1CCCN(C(=O)c2ccc(OCC3CC3)cc2)C1. The van der Waals surface area contributed by atoms with Gasteiger partial charge in [0.15, 0.2) is 0 Å². The van der Waals surface area contributed by atoms with Crippen molar-refractivity contribution in [3.05, 3.63) is 29.8 Å². The van der Waals surface area contributed by atoms with E-state index in [9.17, 15) is 9.59 Å². The molecule has 0 bridgehead atoms. The first-order chi connectivity index (χ1) is 10.6. The number of nitrogens with zero attached hydrogens (tertiary/aromatic N) is 1. The van der Waals surface area contributed by atoms with E-state index in [2.05, 4.69) is 0 Å². The van der Waals surface area contributed by atoms with Crippen molar-refractivity contribution >= 4 is 11.8 Å². The minimum atomic E-state index is -0.318. The van der Waals surface area contributed by atoms with Gasteiger partial charge in [-0.05, 0) is 55.9 Å². The summed E-state index contributed by atoms with van der Waals surface area (Å²) in [6, 6.07) is 7.26. The second kappa shape index (κ2) is 6.38. The summed E-state index contributed by atoms with van der Waals surface area (Å²) in [6.07, 6.45) is 4.11. The Hall–Kier alpha value is -2.04. The molecule has 2 fully saturated rings. The molecular weight excluding hydrogens is 280 g/mol. The highest BCUT2D eigenvalue weighted by Gasteiger charge is 2.27. The van der Waals surface area contributed by atoms with Crippen molar-refractivity contribution in [1.29, 1.82) is 0 Å². The molecule has 2 aliphatic rings. The third-order valence-electron chi connectivity index (χ3n) is 4.39. The van der Waals surface area contributed by atoms with E-state index in [4.69, 9.17) is 10.5 Å². The first kappa shape index (κ1) is 14.9. The maximum atomic E-state index is 12.5. The molecule has 3 rings (SSSR count). The first-order valence-electron chi connectivity index (χ1n) is 7.95. The van der Waals surface area contributed by atoms with Gasteiger partial charge in [-0.25, -0.2) is 0 Å². The van der Waals surface area contributed by atoms with Gasteiger partial charge in [0.1, 0.15) is 5.75 Å². The minimum Gasteiger partial charge on any atom is -0.493 e. The predicted octanol–water partition coefficient (Wildman–Crippen LogP) is 1.81. The van der Waals surface area contributed by atoms with E-state index in [1.807, 2.05) is 12.1 Å². The van der Waals surface area contributed by atoms with Gasteiger partial charge in [0.05, 0.1) is 12.5 Å². The van der Waals surface area contributed by atoms with E-state index in [1.165, 1.54) is 12.8 Å². The van der Waals surface area contributed by atoms with Crippen LogP contribution in [0.2, 0.25) is 0 Å². The lowest BCUT2D eigenvalue weighted by Crippen LogP contribution is -2.44. The second-order valence-corrected chi connectivity index (χ2v) is 6.27. The molecule has 5 heteroatoms. The van der Waals surface area contributed by atoms with Gasteiger partial charge in [-0.3, -0.25) is 9.59 Å². The van der Waals surface area contributed by atoms with E-state index in [0.717, 1.165) is 25.2 Å². The Bertz CT molecular complexity index is 552. The molecule has 1 saturated carbocycles. The zero-order valence-electron chi connectivity index (χ0n) is 12.7. The number of amides is 2. The second-order valence-electron chi connectivity index (χ2n) is 6.27. The highest BCUT2D eigenvalue weighted by atomic mass is 16.5. The molecule has 118 valence electrons. The third kappa shape index (κ3) is 3.59. The molecule has 1 aliphatic heterocycles. The number of carbonyl (C=O) groups is 2. The summed E-state index contributed by atoms with van der Waals surface area (Å²) in [4.78, 5) is 25.5. The molecule has 2 N–H and O–H groups in total. The maximum absolute atomic E-state index is 12.5. The molecule has 1 heterocycles. The number of hydrogen-bond acceptors (Lipinski definition) is 3. The Morgan fingerprint density at radius 3 is 2.55 bits per heavy atom. The van der Waals surface area contributed by atoms with Gasteiger partial charge in [0.2, 0.25) is 5.91 Å². The molecule has 1 saturated heterocycles. The van der Waals surface area contributed by atoms with Gasteiger partial charge in [0.25, 0.3) is 5.91 Å². The average molecular weight is 302 g/mol. The summed E-state index contributed by atoms with van der Waals surface area (Å²) in [5.41, 5.74) is 5.99. The van der Waals surface area contributed by atoms with E-state index in [1.54, 1.807) is 17.0 Å². The van der Waals surface area contributed by atoms with Crippen molar-refractivity contribution in [2.75, 3.05) is 19.7 Å². The zero-order valence-corrected chi connectivity index (χ0v) is 12.7. The van der Waals surface area contributed by atoms with Crippen LogP contribution in [-0.2, 0) is 4.79 Å². The molecule has 1 unspecified atom stereocenters. The number of ether oxygens (including phenoxy) is 1. The molecule has 2 amide bonds. The van der Waals surface area contributed by atoms with Crippen molar-refractivity contribution in [3.63, 3.8) is 0 Å². The van der Waals surface area contributed by atoms with Crippen LogP contribution in [0.1, 0.15) is 36.0 Å². The first-order valence-corrected chi connectivity index (χ1v) is 7.95. The van der Waals surface area contributed by atoms with Crippen LogP contribution in [0.4, 0.5) is 0 Å². The van der Waals surface area contributed by atoms with E-state index in [0.29, 0.717) is 24.6 Å². The lowest BCUT2D eigenvalue weighted by Gasteiger charge is -2.31. The largest absolute Gasteiger partial charge is 0.493 e. The smallest absolute Gasteiger partial charge is 0.253 e. The van der Waals surface area contributed by atoms with Gasteiger partial charge in [-0.2, -0.15) is 0 Å². The van der Waals surface area contributed by atoms with Gasteiger partial charge < -0.3 is 15.4 Å². The molecule has 1 atom stereocenters. The summed E-state index contributed by atoms with van der Waals surface area (Å²) < 4.78 is 5.67. The molecular formula is C17H22N2O3. The Balaban J connectivity index is 1.59. The number of carbonyl (C=O) groups excluding carboxylic acids is 2. The zero-order chi connectivity index (χ0) is 15.5. The third-order valence-corrected chi connectivity index (χ3v) is 4.39. The van der Waals surface area contributed by atoms with Crippen molar-refractivity contribution in [1.82, 2.24) is 4.90 Å². The monoisotopic (exact) mass is 302 g/mol. The normalized spacial score (nSPS) is 21.5. The Morgan fingerprint density at radius 2 is 1.91 bits per heavy atom. The lowest BCUT2D eigenvalue weighted by atomic mass is 9.97.